The van der Waals surface area contributed by atoms with E-state index in [1.54, 1.807) is 12.4 Å². The second kappa shape index (κ2) is 5.78. The molecule has 0 amide bonds. The molecule has 1 saturated heterocycles. The first-order valence-electron chi connectivity index (χ1n) is 5.63. The van der Waals surface area contributed by atoms with E-state index in [0.29, 0.717) is 0 Å². The van der Waals surface area contributed by atoms with Crippen molar-refractivity contribution >= 4 is 0 Å². The lowest BCUT2D eigenvalue weighted by atomic mass is 10.4. The minimum atomic E-state index is 0.821. The highest BCUT2D eigenvalue weighted by atomic mass is 15.1. The van der Waals surface area contributed by atoms with E-state index in [1.807, 2.05) is 6.20 Å². The van der Waals surface area contributed by atoms with E-state index in [0.717, 1.165) is 25.3 Å². The Bertz CT molecular complexity index is 269. The van der Waals surface area contributed by atoms with Gasteiger partial charge in [-0.3, -0.25) is 9.97 Å². The van der Waals surface area contributed by atoms with Gasteiger partial charge < -0.3 is 10.2 Å². The minimum absolute atomic E-state index is 0.821. The number of likely N-dealkylation sites (tertiary alicyclic amines) is 1. The molecule has 0 spiro atoms. The molecule has 4 nitrogen and oxygen atoms in total. The molecule has 0 bridgehead atoms. The second-order valence-corrected chi connectivity index (χ2v) is 3.92. The van der Waals surface area contributed by atoms with Crippen LogP contribution in [0.3, 0.4) is 0 Å². The molecule has 0 saturated carbocycles. The summed E-state index contributed by atoms with van der Waals surface area (Å²) in [7, 11) is 0. The Morgan fingerprint density at radius 3 is 2.87 bits per heavy atom. The van der Waals surface area contributed by atoms with Crippen LogP contribution in [0.15, 0.2) is 18.6 Å². The molecule has 1 aromatic rings. The van der Waals surface area contributed by atoms with Crippen molar-refractivity contribution < 1.29 is 0 Å². The number of hydrogen-bond acceptors (Lipinski definition) is 4. The first kappa shape index (κ1) is 10.5. The highest BCUT2D eigenvalue weighted by Crippen LogP contribution is 2.05. The summed E-state index contributed by atoms with van der Waals surface area (Å²) in [4.78, 5) is 10.7. The maximum absolute atomic E-state index is 4.21. The highest BCUT2D eigenvalue weighted by molar-refractivity contribution is 4.93. The lowest BCUT2D eigenvalue weighted by Gasteiger charge is -2.14. The van der Waals surface area contributed by atoms with Crippen molar-refractivity contribution in [3.63, 3.8) is 0 Å². The van der Waals surface area contributed by atoms with Crippen molar-refractivity contribution in [1.29, 1.82) is 0 Å². The average Bonchev–Trinajstić information content (AvgIpc) is 2.79. The molecule has 0 aliphatic carbocycles. The summed E-state index contributed by atoms with van der Waals surface area (Å²) in [6, 6.07) is 0. The molecule has 0 radical (unpaired) electrons. The van der Waals surface area contributed by atoms with Gasteiger partial charge in [-0.05, 0) is 25.9 Å². The molecule has 1 aromatic heterocycles. The Morgan fingerprint density at radius 2 is 2.13 bits per heavy atom. The van der Waals surface area contributed by atoms with Crippen molar-refractivity contribution in [2.45, 2.75) is 19.4 Å². The zero-order valence-electron chi connectivity index (χ0n) is 9.02. The average molecular weight is 206 g/mol. The lowest BCUT2D eigenvalue weighted by molar-refractivity contribution is 0.335. The first-order valence-corrected chi connectivity index (χ1v) is 5.63. The fourth-order valence-electron chi connectivity index (χ4n) is 1.88. The Morgan fingerprint density at radius 1 is 1.27 bits per heavy atom. The van der Waals surface area contributed by atoms with Gasteiger partial charge in [0.05, 0.1) is 5.69 Å². The highest BCUT2D eigenvalue weighted by Gasteiger charge is 2.09. The number of aromatic nitrogens is 2. The van der Waals surface area contributed by atoms with Crippen LogP contribution in [0.4, 0.5) is 0 Å². The summed E-state index contributed by atoms with van der Waals surface area (Å²) >= 11 is 0. The molecule has 82 valence electrons. The smallest absolute Gasteiger partial charge is 0.0724 e. The zero-order valence-corrected chi connectivity index (χ0v) is 9.02. The summed E-state index contributed by atoms with van der Waals surface area (Å²) in [5.74, 6) is 0. The first-order chi connectivity index (χ1) is 7.45. The van der Waals surface area contributed by atoms with Gasteiger partial charge in [0.2, 0.25) is 0 Å². The summed E-state index contributed by atoms with van der Waals surface area (Å²) in [5, 5.41) is 3.38. The SMILES string of the molecule is c1cnc(CNCCN2CCCC2)cn1. The predicted molar refractivity (Wildman–Crippen MR) is 59.4 cm³/mol. The summed E-state index contributed by atoms with van der Waals surface area (Å²) in [6.45, 7) is 5.55. The van der Waals surface area contributed by atoms with Crippen molar-refractivity contribution in [3.8, 4) is 0 Å². The van der Waals surface area contributed by atoms with E-state index in [-0.39, 0.29) is 0 Å². The Kier molecular flexibility index (Phi) is 4.05. The summed E-state index contributed by atoms with van der Waals surface area (Å²) in [6.07, 6.45) is 7.97. The van der Waals surface area contributed by atoms with E-state index in [9.17, 15) is 0 Å². The number of nitrogens with one attached hydrogen (secondary N) is 1. The maximum Gasteiger partial charge on any atom is 0.0724 e. The van der Waals surface area contributed by atoms with Crippen molar-refractivity contribution in [1.82, 2.24) is 20.2 Å². The predicted octanol–water partition coefficient (Wildman–Crippen LogP) is 0.662. The molecule has 1 aliphatic heterocycles. The van der Waals surface area contributed by atoms with Gasteiger partial charge >= 0.3 is 0 Å². The lowest BCUT2D eigenvalue weighted by Crippen LogP contribution is -2.29. The van der Waals surface area contributed by atoms with Gasteiger partial charge in [-0.1, -0.05) is 0 Å². The van der Waals surface area contributed by atoms with Crippen molar-refractivity contribution in [2.75, 3.05) is 26.2 Å². The molecule has 0 atom stereocenters. The third-order valence-corrected chi connectivity index (χ3v) is 2.73. The Balaban J connectivity index is 1.59. The normalized spacial score (nSPS) is 17.1. The number of rotatable bonds is 5. The van der Waals surface area contributed by atoms with E-state index in [2.05, 4.69) is 20.2 Å². The van der Waals surface area contributed by atoms with E-state index in [4.69, 9.17) is 0 Å². The molecular formula is C11H18N4. The largest absolute Gasteiger partial charge is 0.310 e. The van der Waals surface area contributed by atoms with Crippen molar-refractivity contribution in [3.05, 3.63) is 24.3 Å². The quantitative estimate of drug-likeness (QED) is 0.719. The van der Waals surface area contributed by atoms with Gasteiger partial charge in [0.15, 0.2) is 0 Å². The van der Waals surface area contributed by atoms with E-state index in [1.165, 1.54) is 25.9 Å². The summed E-state index contributed by atoms with van der Waals surface area (Å²) in [5.41, 5.74) is 1.01. The van der Waals surface area contributed by atoms with Gasteiger partial charge in [0, 0.05) is 38.2 Å². The molecule has 2 rings (SSSR count). The zero-order chi connectivity index (χ0) is 10.3. The molecule has 1 fully saturated rings. The van der Waals surface area contributed by atoms with E-state index >= 15 is 0 Å². The third-order valence-electron chi connectivity index (χ3n) is 2.73. The van der Waals surface area contributed by atoms with Crippen LogP contribution in [0.1, 0.15) is 18.5 Å². The fourth-order valence-corrected chi connectivity index (χ4v) is 1.88. The molecule has 0 unspecified atom stereocenters. The van der Waals surface area contributed by atoms with Crippen LogP contribution >= 0.6 is 0 Å². The third kappa shape index (κ3) is 3.57. The van der Waals surface area contributed by atoms with Crippen molar-refractivity contribution in [2.24, 2.45) is 0 Å². The van der Waals surface area contributed by atoms with E-state index < -0.39 is 0 Å². The molecular weight excluding hydrogens is 188 g/mol. The van der Waals surface area contributed by atoms with Gasteiger partial charge in [-0.2, -0.15) is 0 Å². The monoisotopic (exact) mass is 206 g/mol. The molecule has 15 heavy (non-hydrogen) atoms. The molecule has 0 aromatic carbocycles. The molecule has 1 N–H and O–H groups in total. The Hall–Kier alpha value is -1.00. The molecule has 1 aliphatic rings. The standard InChI is InChI=1S/C11H18N4/c1-2-7-15(6-1)8-5-13-10-11-9-12-3-4-14-11/h3-4,9,13H,1-2,5-8,10H2. The number of hydrogen-bond donors (Lipinski definition) is 1. The topological polar surface area (TPSA) is 41.1 Å². The van der Waals surface area contributed by atoms with Crippen LogP contribution in [0.2, 0.25) is 0 Å². The molecule has 4 heteroatoms. The van der Waals surface area contributed by atoms with Crippen LogP contribution < -0.4 is 5.32 Å². The number of nitrogens with zero attached hydrogens (tertiary/aromatic N) is 3. The van der Waals surface area contributed by atoms with Crippen LogP contribution in [0, 0.1) is 0 Å². The minimum Gasteiger partial charge on any atom is -0.310 e. The van der Waals surface area contributed by atoms with Crippen LogP contribution in [-0.4, -0.2) is 41.0 Å². The van der Waals surface area contributed by atoms with Gasteiger partial charge in [0.25, 0.3) is 0 Å². The second-order valence-electron chi connectivity index (χ2n) is 3.92. The van der Waals surface area contributed by atoms with Crippen LogP contribution in [0.5, 0.6) is 0 Å². The van der Waals surface area contributed by atoms with Crippen LogP contribution in [0.25, 0.3) is 0 Å². The Labute approximate surface area is 90.7 Å². The summed E-state index contributed by atoms with van der Waals surface area (Å²) < 4.78 is 0. The fraction of sp³-hybridized carbons (Fsp3) is 0.636. The van der Waals surface area contributed by atoms with Crippen LogP contribution in [-0.2, 0) is 6.54 Å². The van der Waals surface area contributed by atoms with Gasteiger partial charge in [-0.25, -0.2) is 0 Å². The molecule has 2 heterocycles. The maximum atomic E-state index is 4.21. The van der Waals surface area contributed by atoms with Gasteiger partial charge in [-0.15, -0.1) is 0 Å². The van der Waals surface area contributed by atoms with Gasteiger partial charge in [0.1, 0.15) is 0 Å².